The van der Waals surface area contributed by atoms with Gasteiger partial charge in [0.25, 0.3) is 5.56 Å². The number of aliphatic hydroxyl groups is 2. The Morgan fingerprint density at radius 1 is 0.933 bits per heavy atom. The summed E-state index contributed by atoms with van der Waals surface area (Å²) < 4.78 is 4.94. The molecule has 45 heavy (non-hydrogen) atoms. The third-order valence-corrected chi connectivity index (χ3v) is 9.68. The zero-order chi connectivity index (χ0) is 31.9. The Balaban J connectivity index is 1.67. The van der Waals surface area contributed by atoms with E-state index in [1.807, 2.05) is 30.5 Å². The number of rotatable bonds is 4. The summed E-state index contributed by atoms with van der Waals surface area (Å²) in [4.78, 5) is 70.6. The minimum absolute atomic E-state index is 0.0301. The first-order valence-electron chi connectivity index (χ1n) is 13.9. The Hall–Kier alpha value is -5.55. The summed E-state index contributed by atoms with van der Waals surface area (Å²) in [5.74, 6) is -2.47. The van der Waals surface area contributed by atoms with E-state index in [-0.39, 0.29) is 23.8 Å². The molecule has 224 valence electrons. The van der Waals surface area contributed by atoms with E-state index in [2.05, 4.69) is 4.98 Å². The number of ether oxygens (including phenoxy) is 1. The molecule has 0 radical (unpaired) electrons. The van der Waals surface area contributed by atoms with Gasteiger partial charge < -0.3 is 25.0 Å². The van der Waals surface area contributed by atoms with Crippen LogP contribution in [0.5, 0.6) is 11.5 Å². The Bertz CT molecular complexity index is 2680. The van der Waals surface area contributed by atoms with E-state index in [4.69, 9.17) is 4.74 Å². The Morgan fingerprint density at radius 3 is 2.29 bits per heavy atom. The van der Waals surface area contributed by atoms with Gasteiger partial charge in [-0.15, -0.1) is 11.3 Å². The first kappa shape index (κ1) is 28.2. The molecular formula is C34H23NO9S. The number of phenols is 1. The quantitative estimate of drug-likeness (QED) is 0.219. The summed E-state index contributed by atoms with van der Waals surface area (Å²) in [6, 6.07) is 6.19. The van der Waals surface area contributed by atoms with Gasteiger partial charge in [-0.25, -0.2) is 0 Å². The smallest absolute Gasteiger partial charge is 0.260 e. The van der Waals surface area contributed by atoms with Crippen molar-refractivity contribution in [3.05, 3.63) is 137 Å². The highest BCUT2D eigenvalue weighted by Gasteiger charge is 2.54. The number of aromatic amines is 1. The van der Waals surface area contributed by atoms with Crippen LogP contribution in [0.3, 0.4) is 0 Å². The predicted molar refractivity (Wildman–Crippen MR) is 170 cm³/mol. The highest BCUT2D eigenvalue weighted by molar-refractivity contribution is 7.13. The fourth-order valence-electron chi connectivity index (χ4n) is 6.93. The van der Waals surface area contributed by atoms with Crippen LogP contribution in [-0.4, -0.2) is 27.4 Å². The Labute approximate surface area is 255 Å². The molecule has 7 rings (SSSR count). The molecule has 0 amide bonds. The van der Waals surface area contributed by atoms with Crippen molar-refractivity contribution in [1.29, 1.82) is 0 Å². The highest BCUT2D eigenvalue weighted by atomic mass is 32.1. The first-order valence-corrected chi connectivity index (χ1v) is 14.8. The molecule has 0 bridgehead atoms. The van der Waals surface area contributed by atoms with Gasteiger partial charge in [-0.2, -0.15) is 0 Å². The summed E-state index contributed by atoms with van der Waals surface area (Å²) >= 11 is 1.39. The van der Waals surface area contributed by atoms with Crippen molar-refractivity contribution >= 4 is 39.7 Å². The van der Waals surface area contributed by atoms with Crippen LogP contribution in [0.1, 0.15) is 30.2 Å². The zero-order valence-corrected chi connectivity index (χ0v) is 24.6. The lowest BCUT2D eigenvalue weighted by Gasteiger charge is -2.28. The molecule has 0 aliphatic heterocycles. The average Bonchev–Trinajstić information content (AvgIpc) is 3.73. The molecule has 4 aliphatic carbocycles. The highest BCUT2D eigenvalue weighted by Crippen LogP contribution is 2.57. The molecular weight excluding hydrogens is 598 g/mol. The van der Waals surface area contributed by atoms with Gasteiger partial charge in [-0.1, -0.05) is 24.3 Å². The second-order valence-corrected chi connectivity index (χ2v) is 11.9. The second kappa shape index (κ2) is 9.73. The lowest BCUT2D eigenvalue weighted by atomic mass is 9.77. The molecule has 0 saturated heterocycles. The van der Waals surface area contributed by atoms with Crippen LogP contribution in [0, 0.1) is 10.4 Å². The van der Waals surface area contributed by atoms with Gasteiger partial charge >= 0.3 is 0 Å². The lowest BCUT2D eigenvalue weighted by Crippen LogP contribution is -2.51. The molecule has 10 nitrogen and oxygen atoms in total. The maximum absolute atomic E-state index is 13.8. The molecule has 4 aliphatic rings. The molecule has 1 unspecified atom stereocenters. The maximum atomic E-state index is 13.8. The molecule has 2 heterocycles. The number of phenolic OH excluding ortho intramolecular Hbond substituents is 1. The third kappa shape index (κ3) is 3.52. The normalized spacial score (nSPS) is 17.5. The summed E-state index contributed by atoms with van der Waals surface area (Å²) in [6.07, 6.45) is 7.15. The van der Waals surface area contributed by atoms with Crippen molar-refractivity contribution in [1.82, 2.24) is 4.98 Å². The molecule has 2 aromatic heterocycles. The third-order valence-electron chi connectivity index (χ3n) is 8.79. The Morgan fingerprint density at radius 2 is 1.64 bits per heavy atom. The number of allylic oxidation sites excluding steroid dienone is 3. The Kier molecular flexibility index (Phi) is 6.10. The number of benzene rings is 1. The molecule has 3 aromatic rings. The number of fused-ring (bicyclic) bond motifs is 4. The largest absolute Gasteiger partial charge is 0.510 e. The topological polar surface area (TPSA) is 171 Å². The van der Waals surface area contributed by atoms with Crippen LogP contribution in [0.2, 0.25) is 0 Å². The van der Waals surface area contributed by atoms with Gasteiger partial charge in [0.1, 0.15) is 22.7 Å². The molecule has 11 heteroatoms. The van der Waals surface area contributed by atoms with Crippen LogP contribution in [-0.2, 0) is 11.8 Å². The number of H-pyrrole nitrogens is 1. The minimum atomic E-state index is -2.00. The standard InChI is InChI=1S/C34H23NO9S/c1-3-4-5-7-14-12-16-20(19-8-6-11-45-19)15-9-10-34(26(15)30(40)21(16)33(43)35-14)31(41)24-25(32(34)42)29(39)23-22(28(24)38)17(36)13-18(44-2)27(23)37/h3-8,11-13,40-42H,9-10H2,1-2H3,(H,35,43)/b4-3+,7-5+. The van der Waals surface area contributed by atoms with Crippen LogP contribution in [0.15, 0.2) is 71.8 Å². The van der Waals surface area contributed by atoms with E-state index >= 15 is 0 Å². The summed E-state index contributed by atoms with van der Waals surface area (Å²) in [6.45, 7) is 1.85. The van der Waals surface area contributed by atoms with Crippen molar-refractivity contribution in [2.75, 3.05) is 7.11 Å². The predicted octanol–water partition coefficient (Wildman–Crippen LogP) is 1.83. The van der Waals surface area contributed by atoms with E-state index < -0.39 is 76.6 Å². The van der Waals surface area contributed by atoms with Crippen LogP contribution in [0.4, 0.5) is 0 Å². The minimum Gasteiger partial charge on any atom is -0.510 e. The number of aliphatic hydroxyl groups excluding tert-OH is 2. The van der Waals surface area contributed by atoms with Crippen molar-refractivity contribution in [2.45, 2.75) is 25.2 Å². The second-order valence-electron chi connectivity index (χ2n) is 10.9. The number of hydrogen-bond donors (Lipinski definition) is 4. The van der Waals surface area contributed by atoms with Crippen LogP contribution in [0.25, 0.3) is 38.8 Å². The number of methoxy groups -OCH3 is 1. The molecule has 1 atom stereocenters. The van der Waals surface area contributed by atoms with E-state index in [0.29, 0.717) is 22.2 Å². The van der Waals surface area contributed by atoms with Gasteiger partial charge in [0.2, 0.25) is 16.3 Å². The van der Waals surface area contributed by atoms with Gasteiger partial charge in [0.05, 0.1) is 33.4 Å². The van der Waals surface area contributed by atoms with Crippen molar-refractivity contribution < 1.29 is 20.1 Å². The zero-order valence-electron chi connectivity index (χ0n) is 23.8. The van der Waals surface area contributed by atoms with E-state index in [9.17, 15) is 39.3 Å². The molecule has 1 spiro atoms. The summed E-state index contributed by atoms with van der Waals surface area (Å²) in [5, 5.41) is 34.9. The van der Waals surface area contributed by atoms with Gasteiger partial charge in [-0.3, -0.25) is 24.0 Å². The molecule has 0 fully saturated rings. The van der Waals surface area contributed by atoms with Crippen LogP contribution < -0.4 is 42.4 Å². The number of thiophene rings is 1. The number of nitrogens with one attached hydrogen (secondary N) is 1. The maximum Gasteiger partial charge on any atom is 0.260 e. The average molecular weight is 622 g/mol. The molecule has 0 saturated carbocycles. The summed E-state index contributed by atoms with van der Waals surface area (Å²) in [7, 11) is 1.13. The van der Waals surface area contributed by atoms with Crippen molar-refractivity contribution in [3.63, 3.8) is 0 Å². The van der Waals surface area contributed by atoms with Gasteiger partial charge in [-0.05, 0) is 48.9 Å². The summed E-state index contributed by atoms with van der Waals surface area (Å²) in [5.41, 5.74) is -5.27. The van der Waals surface area contributed by atoms with E-state index in [1.54, 1.807) is 24.3 Å². The van der Waals surface area contributed by atoms with E-state index in [1.165, 1.54) is 11.3 Å². The first-order chi connectivity index (χ1) is 21.6. The van der Waals surface area contributed by atoms with Gasteiger partial charge in [0, 0.05) is 33.2 Å². The van der Waals surface area contributed by atoms with Crippen LogP contribution >= 0.6 is 11.3 Å². The van der Waals surface area contributed by atoms with E-state index in [0.717, 1.165) is 18.1 Å². The number of pyridine rings is 1. The van der Waals surface area contributed by atoms with Crippen molar-refractivity contribution in [3.8, 4) is 21.9 Å². The number of hydrogen-bond acceptors (Lipinski definition) is 10. The number of aromatic hydroxyl groups is 1. The fraction of sp³-hybridized carbons (Fsp3) is 0.147. The molecule has 1 aromatic carbocycles. The number of aromatic nitrogens is 1. The SMILES string of the molecule is C/C=C/C=C/c1cc2c(-c3cccs3)c3c(c(O)c2c(=O)[nH]1)C1(CC3)C(O)=c2c(=O)c3c(=O)cc(OC)c(=O)c=3c(=O)c2=C1O. The van der Waals surface area contributed by atoms with Crippen molar-refractivity contribution in [2.24, 2.45) is 0 Å². The monoisotopic (exact) mass is 621 g/mol. The lowest BCUT2D eigenvalue weighted by molar-refractivity contribution is 0.362. The molecule has 4 N–H and O–H groups in total. The van der Waals surface area contributed by atoms with Gasteiger partial charge in [0.15, 0.2) is 11.2 Å². The fourth-order valence-corrected chi connectivity index (χ4v) is 7.74.